The van der Waals surface area contributed by atoms with E-state index in [4.69, 9.17) is 11.6 Å². The summed E-state index contributed by atoms with van der Waals surface area (Å²) in [5.41, 5.74) is 1.85. The van der Waals surface area contributed by atoms with E-state index in [9.17, 15) is 0 Å². The first-order valence-electron chi connectivity index (χ1n) is 7.51. The predicted molar refractivity (Wildman–Crippen MR) is 90.2 cm³/mol. The van der Waals surface area contributed by atoms with Gasteiger partial charge >= 0.3 is 0 Å². The Kier molecular flexibility index (Phi) is 5.18. The first-order valence-corrected chi connectivity index (χ1v) is 8.84. The van der Waals surface area contributed by atoms with Gasteiger partial charge in [-0.1, -0.05) is 20.8 Å². The summed E-state index contributed by atoms with van der Waals surface area (Å²) in [6.07, 6.45) is 7.96. The molecule has 1 nitrogen and oxygen atoms in total. The van der Waals surface area contributed by atoms with E-state index in [1.807, 2.05) is 6.20 Å². The van der Waals surface area contributed by atoms with Gasteiger partial charge in [-0.2, -0.15) is 0 Å². The van der Waals surface area contributed by atoms with Gasteiger partial charge in [-0.05, 0) is 76.9 Å². The summed E-state index contributed by atoms with van der Waals surface area (Å²) in [5.74, 6) is 1.58. The molecule has 1 aromatic rings. The van der Waals surface area contributed by atoms with Crippen molar-refractivity contribution in [2.45, 2.75) is 52.9 Å². The van der Waals surface area contributed by atoms with Gasteiger partial charge in [-0.15, -0.1) is 11.6 Å². The lowest BCUT2D eigenvalue weighted by Gasteiger charge is -2.43. The van der Waals surface area contributed by atoms with Crippen molar-refractivity contribution >= 4 is 27.5 Å². The number of aromatic nitrogens is 1. The zero-order valence-corrected chi connectivity index (χ0v) is 15.1. The molecule has 20 heavy (non-hydrogen) atoms. The van der Waals surface area contributed by atoms with E-state index in [1.54, 1.807) is 0 Å². The van der Waals surface area contributed by atoms with Crippen LogP contribution in [0.15, 0.2) is 22.8 Å². The lowest BCUT2D eigenvalue weighted by Crippen LogP contribution is -2.35. The van der Waals surface area contributed by atoms with Crippen LogP contribution < -0.4 is 0 Å². The first-order chi connectivity index (χ1) is 9.35. The average molecular weight is 359 g/mol. The van der Waals surface area contributed by atoms with Crippen molar-refractivity contribution in [2.75, 3.05) is 5.88 Å². The molecule has 1 aliphatic carbocycles. The molecular formula is C17H25BrClN. The Morgan fingerprint density at radius 2 is 1.95 bits per heavy atom. The Labute approximate surface area is 136 Å². The van der Waals surface area contributed by atoms with Crippen molar-refractivity contribution in [3.05, 3.63) is 28.5 Å². The van der Waals surface area contributed by atoms with E-state index >= 15 is 0 Å². The number of halogens is 2. The molecule has 3 heteroatoms. The van der Waals surface area contributed by atoms with E-state index in [2.05, 4.69) is 53.8 Å². The van der Waals surface area contributed by atoms with Crippen LogP contribution in [0.5, 0.6) is 0 Å². The third-order valence-corrected chi connectivity index (χ3v) is 5.94. The van der Waals surface area contributed by atoms with Crippen molar-refractivity contribution in [3.8, 4) is 0 Å². The standard InChI is InChI=1S/C17H25BrClN/c1-16(2,3)13-6-8-17(12-19,9-7-13)10-15-5-4-14(18)11-20-15/h4-5,11,13H,6-10,12H2,1-3H3. The lowest BCUT2D eigenvalue weighted by atomic mass is 9.63. The van der Waals surface area contributed by atoms with Crippen LogP contribution >= 0.6 is 27.5 Å². The quantitative estimate of drug-likeness (QED) is 0.618. The summed E-state index contributed by atoms with van der Waals surface area (Å²) >= 11 is 9.79. The van der Waals surface area contributed by atoms with Gasteiger partial charge in [0.1, 0.15) is 0 Å². The van der Waals surface area contributed by atoms with Gasteiger partial charge in [0.2, 0.25) is 0 Å². The number of nitrogens with zero attached hydrogens (tertiary/aromatic N) is 1. The normalized spacial score (nSPS) is 27.6. The van der Waals surface area contributed by atoms with Crippen LogP contribution in [0.25, 0.3) is 0 Å². The highest BCUT2D eigenvalue weighted by Crippen LogP contribution is 2.47. The van der Waals surface area contributed by atoms with Crippen LogP contribution in [0.3, 0.4) is 0 Å². The van der Waals surface area contributed by atoms with Crippen LogP contribution in [0.2, 0.25) is 0 Å². The molecule has 0 bridgehead atoms. The molecule has 2 rings (SSSR count). The van der Waals surface area contributed by atoms with Gasteiger partial charge in [0.15, 0.2) is 0 Å². The monoisotopic (exact) mass is 357 g/mol. The molecule has 0 aromatic carbocycles. The summed E-state index contributed by atoms with van der Waals surface area (Å²) in [4.78, 5) is 4.53. The van der Waals surface area contributed by atoms with Gasteiger partial charge in [-0.25, -0.2) is 0 Å². The second-order valence-corrected chi connectivity index (χ2v) is 8.60. The molecule has 0 saturated heterocycles. The van der Waals surface area contributed by atoms with Crippen LogP contribution in [0, 0.1) is 16.7 Å². The van der Waals surface area contributed by atoms with Crippen LogP contribution in [-0.4, -0.2) is 10.9 Å². The Balaban J connectivity index is 2.03. The Bertz CT molecular complexity index is 427. The molecular weight excluding hydrogens is 334 g/mol. The molecule has 1 fully saturated rings. The smallest absolute Gasteiger partial charge is 0.0413 e. The molecule has 1 saturated carbocycles. The van der Waals surface area contributed by atoms with E-state index in [0.717, 1.165) is 22.7 Å². The largest absolute Gasteiger partial charge is 0.260 e. The van der Waals surface area contributed by atoms with Gasteiger partial charge < -0.3 is 0 Å². The predicted octanol–water partition coefficient (Wildman–Crippen LogP) is 5.85. The summed E-state index contributed by atoms with van der Waals surface area (Å²) in [7, 11) is 0. The maximum atomic E-state index is 6.34. The zero-order valence-electron chi connectivity index (χ0n) is 12.8. The Morgan fingerprint density at radius 1 is 1.30 bits per heavy atom. The van der Waals surface area contributed by atoms with Crippen molar-refractivity contribution in [2.24, 2.45) is 16.7 Å². The third kappa shape index (κ3) is 3.98. The highest BCUT2D eigenvalue weighted by atomic mass is 79.9. The molecule has 0 aliphatic heterocycles. The molecule has 112 valence electrons. The number of hydrogen-bond donors (Lipinski definition) is 0. The van der Waals surface area contributed by atoms with Gasteiger partial charge in [0.25, 0.3) is 0 Å². The minimum absolute atomic E-state index is 0.254. The van der Waals surface area contributed by atoms with Gasteiger partial charge in [0.05, 0.1) is 0 Å². The topological polar surface area (TPSA) is 12.9 Å². The van der Waals surface area contributed by atoms with Crippen molar-refractivity contribution in [1.29, 1.82) is 0 Å². The van der Waals surface area contributed by atoms with Crippen molar-refractivity contribution < 1.29 is 0 Å². The van der Waals surface area contributed by atoms with Crippen LogP contribution in [0.4, 0.5) is 0 Å². The maximum absolute atomic E-state index is 6.34. The second-order valence-electron chi connectivity index (χ2n) is 7.42. The minimum Gasteiger partial charge on any atom is -0.260 e. The number of hydrogen-bond acceptors (Lipinski definition) is 1. The molecule has 0 atom stereocenters. The maximum Gasteiger partial charge on any atom is 0.0413 e. The Hall–Kier alpha value is -0.0800. The van der Waals surface area contributed by atoms with Gasteiger partial charge in [0, 0.05) is 22.2 Å². The average Bonchev–Trinajstić information content (AvgIpc) is 2.41. The SMILES string of the molecule is CC(C)(C)C1CCC(CCl)(Cc2ccc(Br)cn2)CC1. The number of pyridine rings is 1. The molecule has 0 radical (unpaired) electrons. The summed E-state index contributed by atoms with van der Waals surface area (Å²) in [5, 5.41) is 0. The minimum atomic E-state index is 0.254. The summed E-state index contributed by atoms with van der Waals surface area (Å²) in [6.45, 7) is 7.09. The fraction of sp³-hybridized carbons (Fsp3) is 0.706. The van der Waals surface area contributed by atoms with E-state index in [0.29, 0.717) is 5.41 Å². The van der Waals surface area contributed by atoms with Crippen molar-refractivity contribution in [3.63, 3.8) is 0 Å². The zero-order chi connectivity index (χ0) is 14.8. The highest BCUT2D eigenvalue weighted by molar-refractivity contribution is 9.10. The molecule has 0 amide bonds. The highest BCUT2D eigenvalue weighted by Gasteiger charge is 2.38. The van der Waals surface area contributed by atoms with E-state index < -0.39 is 0 Å². The molecule has 0 N–H and O–H groups in total. The Morgan fingerprint density at radius 3 is 2.40 bits per heavy atom. The van der Waals surface area contributed by atoms with Crippen LogP contribution in [-0.2, 0) is 6.42 Å². The molecule has 1 aliphatic rings. The van der Waals surface area contributed by atoms with Crippen molar-refractivity contribution in [1.82, 2.24) is 4.98 Å². The van der Waals surface area contributed by atoms with Crippen LogP contribution in [0.1, 0.15) is 52.1 Å². The van der Waals surface area contributed by atoms with Gasteiger partial charge in [-0.3, -0.25) is 4.98 Å². The van der Waals surface area contributed by atoms with E-state index in [1.165, 1.54) is 31.4 Å². The molecule has 0 unspecified atom stereocenters. The number of alkyl halides is 1. The van der Waals surface area contributed by atoms with E-state index in [-0.39, 0.29) is 5.41 Å². The summed E-state index contributed by atoms with van der Waals surface area (Å²) < 4.78 is 1.04. The first kappa shape index (κ1) is 16.3. The third-order valence-electron chi connectivity index (χ3n) is 4.90. The molecule has 1 heterocycles. The lowest BCUT2D eigenvalue weighted by molar-refractivity contribution is 0.101. The number of rotatable bonds is 3. The molecule has 1 aromatic heterocycles. The second kappa shape index (κ2) is 6.36. The fourth-order valence-electron chi connectivity index (χ4n) is 3.35. The molecule has 0 spiro atoms. The summed E-state index contributed by atoms with van der Waals surface area (Å²) in [6, 6.07) is 4.19. The fourth-order valence-corrected chi connectivity index (χ4v) is 3.95.